The molecule has 0 amide bonds. The summed E-state index contributed by atoms with van der Waals surface area (Å²) in [6.07, 6.45) is 6.05. The summed E-state index contributed by atoms with van der Waals surface area (Å²) in [5.41, 5.74) is 1.15. The van der Waals surface area contributed by atoms with Crippen molar-refractivity contribution < 1.29 is 4.74 Å². The molecule has 19 heavy (non-hydrogen) atoms. The Morgan fingerprint density at radius 1 is 1.21 bits per heavy atom. The molecule has 2 rings (SSSR count). The van der Waals surface area contributed by atoms with Gasteiger partial charge in [-0.25, -0.2) is 0 Å². The highest BCUT2D eigenvalue weighted by molar-refractivity contribution is 7.98. The standard InChI is InChI=1S/C16H25NOS/c1-16(2)15(17-11-7-4-8-12-19-3)13-9-5-6-10-14(13)18-16/h5-6,9-10,15,17H,4,7-8,11-12H2,1-3H3. The zero-order chi connectivity index (χ0) is 13.7. The smallest absolute Gasteiger partial charge is 0.125 e. The van der Waals surface area contributed by atoms with Crippen molar-refractivity contribution in [3.63, 3.8) is 0 Å². The molecule has 0 bridgehead atoms. The van der Waals surface area contributed by atoms with Gasteiger partial charge in [0.25, 0.3) is 0 Å². The van der Waals surface area contributed by atoms with E-state index in [1.54, 1.807) is 0 Å². The molecule has 1 unspecified atom stereocenters. The van der Waals surface area contributed by atoms with Crippen molar-refractivity contribution in [2.24, 2.45) is 0 Å². The van der Waals surface area contributed by atoms with Gasteiger partial charge in [0.2, 0.25) is 0 Å². The molecular weight excluding hydrogens is 254 g/mol. The number of para-hydroxylation sites is 1. The van der Waals surface area contributed by atoms with E-state index in [0.29, 0.717) is 6.04 Å². The van der Waals surface area contributed by atoms with Gasteiger partial charge in [0, 0.05) is 5.56 Å². The lowest BCUT2D eigenvalue weighted by molar-refractivity contribution is 0.0964. The zero-order valence-corrected chi connectivity index (χ0v) is 13.1. The normalized spacial score (nSPS) is 20.1. The molecule has 2 nitrogen and oxygen atoms in total. The molecule has 0 saturated carbocycles. The minimum atomic E-state index is -0.150. The van der Waals surface area contributed by atoms with E-state index >= 15 is 0 Å². The van der Waals surface area contributed by atoms with Crippen LogP contribution in [0.25, 0.3) is 0 Å². The number of unbranched alkanes of at least 4 members (excludes halogenated alkanes) is 2. The summed E-state index contributed by atoms with van der Waals surface area (Å²) < 4.78 is 6.04. The number of rotatable bonds is 7. The molecule has 106 valence electrons. The maximum atomic E-state index is 6.04. The van der Waals surface area contributed by atoms with Gasteiger partial charge in [0.15, 0.2) is 0 Å². The average molecular weight is 279 g/mol. The van der Waals surface area contributed by atoms with Gasteiger partial charge < -0.3 is 10.1 Å². The van der Waals surface area contributed by atoms with Gasteiger partial charge in [-0.1, -0.05) is 24.6 Å². The number of hydrogen-bond acceptors (Lipinski definition) is 3. The zero-order valence-electron chi connectivity index (χ0n) is 12.2. The van der Waals surface area contributed by atoms with E-state index in [1.165, 1.54) is 30.6 Å². The van der Waals surface area contributed by atoms with Crippen LogP contribution in [0.2, 0.25) is 0 Å². The van der Waals surface area contributed by atoms with E-state index in [9.17, 15) is 0 Å². The summed E-state index contributed by atoms with van der Waals surface area (Å²) in [6.45, 7) is 5.40. The lowest BCUT2D eigenvalue weighted by Crippen LogP contribution is -2.39. The fourth-order valence-electron chi connectivity index (χ4n) is 2.68. The lowest BCUT2D eigenvalue weighted by Gasteiger charge is -2.27. The molecule has 1 aromatic carbocycles. The largest absolute Gasteiger partial charge is 0.486 e. The average Bonchev–Trinajstić information content (AvgIpc) is 2.64. The first-order valence-electron chi connectivity index (χ1n) is 7.15. The maximum Gasteiger partial charge on any atom is 0.125 e. The van der Waals surface area contributed by atoms with Crippen LogP contribution < -0.4 is 10.1 Å². The Morgan fingerprint density at radius 3 is 2.79 bits per heavy atom. The topological polar surface area (TPSA) is 21.3 Å². The van der Waals surface area contributed by atoms with E-state index < -0.39 is 0 Å². The first-order chi connectivity index (χ1) is 9.15. The van der Waals surface area contributed by atoms with Gasteiger partial charge in [-0.3, -0.25) is 0 Å². The van der Waals surface area contributed by atoms with Crippen molar-refractivity contribution in [3.05, 3.63) is 29.8 Å². The molecule has 1 atom stereocenters. The third-order valence-electron chi connectivity index (χ3n) is 3.67. The predicted molar refractivity (Wildman–Crippen MR) is 84.1 cm³/mol. The number of ether oxygens (including phenoxy) is 1. The van der Waals surface area contributed by atoms with E-state index in [2.05, 4.69) is 43.6 Å². The molecule has 1 aliphatic heterocycles. The molecule has 0 aliphatic carbocycles. The molecule has 1 aromatic rings. The summed E-state index contributed by atoms with van der Waals surface area (Å²) in [5.74, 6) is 2.31. The van der Waals surface area contributed by atoms with Crippen LogP contribution in [0.1, 0.15) is 44.7 Å². The number of fused-ring (bicyclic) bond motifs is 1. The molecular formula is C16H25NOS. The SMILES string of the molecule is CSCCCCCNC1c2ccccc2OC1(C)C. The van der Waals surface area contributed by atoms with Crippen LogP contribution in [0.5, 0.6) is 5.75 Å². The van der Waals surface area contributed by atoms with Crippen LogP contribution in [0.3, 0.4) is 0 Å². The third-order valence-corrected chi connectivity index (χ3v) is 4.37. The van der Waals surface area contributed by atoms with E-state index in [4.69, 9.17) is 4.74 Å². The highest BCUT2D eigenvalue weighted by atomic mass is 32.2. The van der Waals surface area contributed by atoms with Crippen molar-refractivity contribution in [3.8, 4) is 5.75 Å². The Balaban J connectivity index is 1.85. The van der Waals surface area contributed by atoms with E-state index in [0.717, 1.165) is 12.3 Å². The summed E-state index contributed by atoms with van der Waals surface area (Å²) >= 11 is 1.94. The second kappa shape index (κ2) is 6.67. The Morgan fingerprint density at radius 2 is 2.00 bits per heavy atom. The van der Waals surface area contributed by atoms with Crippen molar-refractivity contribution in [2.45, 2.75) is 44.8 Å². The van der Waals surface area contributed by atoms with Gasteiger partial charge in [0.05, 0.1) is 6.04 Å². The quantitative estimate of drug-likeness (QED) is 0.762. The minimum absolute atomic E-state index is 0.150. The Bertz CT molecular complexity index is 405. The fraction of sp³-hybridized carbons (Fsp3) is 0.625. The van der Waals surface area contributed by atoms with Crippen LogP contribution in [-0.4, -0.2) is 24.2 Å². The fourth-order valence-corrected chi connectivity index (χ4v) is 3.17. The number of thioether (sulfide) groups is 1. The number of benzene rings is 1. The monoisotopic (exact) mass is 279 g/mol. The lowest BCUT2D eigenvalue weighted by atomic mass is 9.94. The number of nitrogens with one attached hydrogen (secondary N) is 1. The van der Waals surface area contributed by atoms with Crippen molar-refractivity contribution in [1.29, 1.82) is 0 Å². The Labute approximate surface area is 121 Å². The molecule has 1 aliphatic rings. The molecule has 0 saturated heterocycles. The molecule has 1 heterocycles. The Kier molecular flexibility index (Phi) is 5.17. The minimum Gasteiger partial charge on any atom is -0.486 e. The van der Waals surface area contributed by atoms with Gasteiger partial charge in [-0.05, 0) is 51.3 Å². The Hall–Kier alpha value is -0.670. The van der Waals surface area contributed by atoms with Gasteiger partial charge in [0.1, 0.15) is 11.4 Å². The van der Waals surface area contributed by atoms with Crippen LogP contribution in [-0.2, 0) is 0 Å². The highest BCUT2D eigenvalue weighted by Gasteiger charge is 2.40. The van der Waals surface area contributed by atoms with Crippen molar-refractivity contribution in [1.82, 2.24) is 5.32 Å². The molecule has 3 heteroatoms. The molecule has 1 N–H and O–H groups in total. The molecule has 0 radical (unpaired) electrons. The van der Waals surface area contributed by atoms with E-state index in [1.807, 2.05) is 17.8 Å². The summed E-state index contributed by atoms with van der Waals surface area (Å²) in [7, 11) is 0. The molecule has 0 fully saturated rings. The summed E-state index contributed by atoms with van der Waals surface area (Å²) in [4.78, 5) is 0. The second-order valence-corrected chi connectivity index (χ2v) is 6.67. The van der Waals surface area contributed by atoms with Crippen LogP contribution >= 0.6 is 11.8 Å². The van der Waals surface area contributed by atoms with Crippen molar-refractivity contribution in [2.75, 3.05) is 18.6 Å². The summed E-state index contributed by atoms with van der Waals surface area (Å²) in [6, 6.07) is 8.69. The molecule has 0 spiro atoms. The maximum absolute atomic E-state index is 6.04. The van der Waals surface area contributed by atoms with Gasteiger partial charge in [-0.2, -0.15) is 11.8 Å². The number of hydrogen-bond donors (Lipinski definition) is 1. The van der Waals surface area contributed by atoms with Crippen LogP contribution in [0, 0.1) is 0 Å². The second-order valence-electron chi connectivity index (χ2n) is 5.68. The predicted octanol–water partition coefficient (Wildman–Crippen LogP) is 4.02. The molecule has 0 aromatic heterocycles. The van der Waals surface area contributed by atoms with Crippen LogP contribution in [0.15, 0.2) is 24.3 Å². The summed E-state index contributed by atoms with van der Waals surface area (Å²) in [5, 5.41) is 3.67. The van der Waals surface area contributed by atoms with E-state index in [-0.39, 0.29) is 5.60 Å². The van der Waals surface area contributed by atoms with Gasteiger partial charge in [-0.15, -0.1) is 0 Å². The third kappa shape index (κ3) is 3.67. The highest BCUT2D eigenvalue weighted by Crippen LogP contribution is 2.42. The van der Waals surface area contributed by atoms with Crippen molar-refractivity contribution >= 4 is 11.8 Å². The van der Waals surface area contributed by atoms with Crippen LogP contribution in [0.4, 0.5) is 0 Å². The first kappa shape index (κ1) is 14.7. The first-order valence-corrected chi connectivity index (χ1v) is 8.55. The van der Waals surface area contributed by atoms with Gasteiger partial charge >= 0.3 is 0 Å².